The zero-order chi connectivity index (χ0) is 21.2. The van der Waals surface area contributed by atoms with E-state index in [1.54, 1.807) is 6.20 Å². The molecule has 158 valence electrons. The summed E-state index contributed by atoms with van der Waals surface area (Å²) in [5, 5.41) is 21.3. The standard InChI is InChI=1S/C22H23N7O2/c1-13-9-14(5-8-19(13)31-12-20(30)24-16-3-2-4-16)21-26-22(29-28-21)25-17-6-7-18-15(10-17)11-23-27-18/h5-11,16H,2-4,12H2,1H3,(H,23,27)(H,24,30)(H2,25,26,28,29). The predicted molar refractivity (Wildman–Crippen MR) is 117 cm³/mol. The van der Waals surface area contributed by atoms with Crippen LogP contribution in [-0.4, -0.2) is 43.9 Å². The van der Waals surface area contributed by atoms with Crippen LogP contribution < -0.4 is 15.4 Å². The van der Waals surface area contributed by atoms with E-state index >= 15 is 0 Å². The Morgan fingerprint density at radius 3 is 2.90 bits per heavy atom. The Bertz CT molecular complexity index is 1230. The van der Waals surface area contributed by atoms with Gasteiger partial charge in [-0.05, 0) is 68.1 Å². The van der Waals surface area contributed by atoms with Crippen molar-refractivity contribution < 1.29 is 9.53 Å². The zero-order valence-corrected chi connectivity index (χ0v) is 17.1. The Balaban J connectivity index is 1.23. The Hall–Kier alpha value is -3.88. The summed E-state index contributed by atoms with van der Waals surface area (Å²) < 4.78 is 5.69. The SMILES string of the molecule is Cc1cc(-c2nc(Nc3ccc4[nH]ncc4c3)n[nH]2)ccc1OCC(=O)NC1CCC1. The molecule has 1 amide bonds. The van der Waals surface area contributed by atoms with Gasteiger partial charge in [-0.15, -0.1) is 5.10 Å². The lowest BCUT2D eigenvalue weighted by molar-refractivity contribution is -0.124. The number of amides is 1. The van der Waals surface area contributed by atoms with Gasteiger partial charge in [0.15, 0.2) is 12.4 Å². The number of nitrogens with one attached hydrogen (secondary N) is 4. The van der Waals surface area contributed by atoms with Gasteiger partial charge in [0.25, 0.3) is 5.91 Å². The molecule has 0 radical (unpaired) electrons. The number of aromatic amines is 2. The highest BCUT2D eigenvalue weighted by molar-refractivity contribution is 5.82. The third-order valence-corrected chi connectivity index (χ3v) is 5.46. The largest absolute Gasteiger partial charge is 0.484 e. The van der Waals surface area contributed by atoms with Crippen molar-refractivity contribution >= 4 is 28.4 Å². The van der Waals surface area contributed by atoms with Crippen LogP contribution in [-0.2, 0) is 4.79 Å². The summed E-state index contributed by atoms with van der Waals surface area (Å²) in [5.74, 6) is 1.72. The number of ether oxygens (including phenoxy) is 1. The predicted octanol–water partition coefficient (Wildman–Crippen LogP) is 3.45. The molecule has 4 N–H and O–H groups in total. The van der Waals surface area contributed by atoms with Crippen LogP contribution in [0.1, 0.15) is 24.8 Å². The number of carbonyl (C=O) groups is 1. The van der Waals surface area contributed by atoms with Crippen LogP contribution in [0.4, 0.5) is 11.6 Å². The molecule has 1 saturated carbocycles. The first-order valence-electron chi connectivity index (χ1n) is 10.3. The monoisotopic (exact) mass is 417 g/mol. The quantitative estimate of drug-likeness (QED) is 0.366. The summed E-state index contributed by atoms with van der Waals surface area (Å²) in [6.07, 6.45) is 5.08. The fourth-order valence-corrected chi connectivity index (χ4v) is 3.52. The normalized spacial score (nSPS) is 13.7. The van der Waals surface area contributed by atoms with Crippen molar-refractivity contribution in [3.8, 4) is 17.1 Å². The van der Waals surface area contributed by atoms with E-state index in [-0.39, 0.29) is 12.5 Å². The molecule has 5 rings (SSSR count). The minimum atomic E-state index is -0.0762. The van der Waals surface area contributed by atoms with Crippen molar-refractivity contribution in [2.75, 3.05) is 11.9 Å². The number of rotatable bonds is 7. The number of aromatic nitrogens is 5. The zero-order valence-electron chi connectivity index (χ0n) is 17.1. The molecule has 2 aromatic heterocycles. The maximum atomic E-state index is 12.0. The third kappa shape index (κ3) is 4.20. The molecule has 1 aliphatic rings. The van der Waals surface area contributed by atoms with Crippen molar-refractivity contribution in [3.05, 3.63) is 48.2 Å². The Labute approximate surface area is 178 Å². The Morgan fingerprint density at radius 2 is 2.10 bits per heavy atom. The molecule has 0 unspecified atom stereocenters. The van der Waals surface area contributed by atoms with Crippen LogP contribution in [0.15, 0.2) is 42.6 Å². The lowest BCUT2D eigenvalue weighted by Gasteiger charge is -2.26. The van der Waals surface area contributed by atoms with Crippen molar-refractivity contribution in [2.24, 2.45) is 0 Å². The van der Waals surface area contributed by atoms with Crippen LogP contribution in [0.3, 0.4) is 0 Å². The number of fused-ring (bicyclic) bond motifs is 1. The van der Waals surface area contributed by atoms with Gasteiger partial charge >= 0.3 is 0 Å². The minimum Gasteiger partial charge on any atom is -0.484 e. The molecule has 0 bridgehead atoms. The van der Waals surface area contributed by atoms with Gasteiger partial charge in [0, 0.05) is 22.7 Å². The van der Waals surface area contributed by atoms with Crippen LogP contribution in [0.2, 0.25) is 0 Å². The fraction of sp³-hybridized carbons (Fsp3) is 0.273. The smallest absolute Gasteiger partial charge is 0.258 e. The first-order chi connectivity index (χ1) is 15.1. The van der Waals surface area contributed by atoms with E-state index in [0.717, 1.165) is 40.6 Å². The molecule has 2 heterocycles. The van der Waals surface area contributed by atoms with Gasteiger partial charge in [-0.2, -0.15) is 10.1 Å². The second-order valence-corrected chi connectivity index (χ2v) is 7.77. The topological polar surface area (TPSA) is 121 Å². The Kier molecular flexibility index (Phi) is 4.99. The third-order valence-electron chi connectivity index (χ3n) is 5.46. The molecule has 0 aliphatic heterocycles. The molecule has 0 atom stereocenters. The molecular weight excluding hydrogens is 394 g/mol. The first-order valence-corrected chi connectivity index (χ1v) is 10.3. The van der Waals surface area contributed by atoms with Gasteiger partial charge in [0.05, 0.1) is 11.7 Å². The highest BCUT2D eigenvalue weighted by Crippen LogP contribution is 2.26. The summed E-state index contributed by atoms with van der Waals surface area (Å²) in [6.45, 7) is 1.96. The van der Waals surface area contributed by atoms with E-state index in [4.69, 9.17) is 4.74 Å². The fourth-order valence-electron chi connectivity index (χ4n) is 3.52. The van der Waals surface area contributed by atoms with Crippen molar-refractivity contribution in [1.29, 1.82) is 0 Å². The van der Waals surface area contributed by atoms with Crippen molar-refractivity contribution in [2.45, 2.75) is 32.2 Å². The van der Waals surface area contributed by atoms with Gasteiger partial charge in [-0.1, -0.05) is 0 Å². The number of carbonyl (C=O) groups excluding carboxylic acids is 1. The number of hydrogen-bond acceptors (Lipinski definition) is 6. The number of anilines is 2. The van der Waals surface area contributed by atoms with E-state index in [9.17, 15) is 4.79 Å². The molecule has 1 aliphatic carbocycles. The van der Waals surface area contributed by atoms with Crippen LogP contribution in [0, 0.1) is 6.92 Å². The summed E-state index contributed by atoms with van der Waals surface area (Å²) in [4.78, 5) is 16.5. The molecule has 31 heavy (non-hydrogen) atoms. The number of nitrogens with zero attached hydrogens (tertiary/aromatic N) is 3. The van der Waals surface area contributed by atoms with Crippen molar-refractivity contribution in [1.82, 2.24) is 30.7 Å². The average molecular weight is 417 g/mol. The Morgan fingerprint density at radius 1 is 1.19 bits per heavy atom. The van der Waals surface area contributed by atoms with Gasteiger partial charge in [-0.3, -0.25) is 15.0 Å². The average Bonchev–Trinajstić information content (AvgIpc) is 3.39. The summed E-state index contributed by atoms with van der Waals surface area (Å²) in [5.41, 5.74) is 3.65. The maximum absolute atomic E-state index is 12.0. The van der Waals surface area contributed by atoms with Gasteiger partial charge in [0.2, 0.25) is 5.95 Å². The van der Waals surface area contributed by atoms with E-state index in [1.807, 2.05) is 43.3 Å². The first kappa shape index (κ1) is 19.1. The van der Waals surface area contributed by atoms with E-state index in [1.165, 1.54) is 6.42 Å². The van der Waals surface area contributed by atoms with Gasteiger partial charge in [-0.25, -0.2) is 0 Å². The van der Waals surface area contributed by atoms with E-state index in [2.05, 4.69) is 36.0 Å². The molecule has 9 nitrogen and oxygen atoms in total. The maximum Gasteiger partial charge on any atom is 0.258 e. The van der Waals surface area contributed by atoms with E-state index < -0.39 is 0 Å². The highest BCUT2D eigenvalue weighted by atomic mass is 16.5. The minimum absolute atomic E-state index is 0.0219. The molecule has 1 fully saturated rings. The number of hydrogen-bond donors (Lipinski definition) is 4. The molecule has 2 aromatic carbocycles. The lowest BCUT2D eigenvalue weighted by atomic mass is 9.93. The van der Waals surface area contributed by atoms with Crippen LogP contribution in [0.5, 0.6) is 5.75 Å². The van der Waals surface area contributed by atoms with Crippen LogP contribution >= 0.6 is 0 Å². The number of H-pyrrole nitrogens is 2. The van der Waals surface area contributed by atoms with Gasteiger partial charge in [0.1, 0.15) is 5.75 Å². The van der Waals surface area contributed by atoms with Crippen LogP contribution in [0.25, 0.3) is 22.3 Å². The second kappa shape index (κ2) is 8.10. The number of aryl methyl sites for hydroxylation is 1. The highest BCUT2D eigenvalue weighted by Gasteiger charge is 2.19. The molecular formula is C22H23N7O2. The second-order valence-electron chi connectivity index (χ2n) is 7.77. The lowest BCUT2D eigenvalue weighted by Crippen LogP contribution is -2.41. The van der Waals surface area contributed by atoms with Crippen molar-refractivity contribution in [3.63, 3.8) is 0 Å². The summed E-state index contributed by atoms with van der Waals surface area (Å²) in [6, 6.07) is 11.9. The van der Waals surface area contributed by atoms with Gasteiger partial charge < -0.3 is 15.4 Å². The molecule has 9 heteroatoms. The molecule has 0 saturated heterocycles. The van der Waals surface area contributed by atoms with E-state index in [0.29, 0.717) is 23.6 Å². The number of benzene rings is 2. The molecule has 0 spiro atoms. The molecule has 4 aromatic rings. The summed E-state index contributed by atoms with van der Waals surface area (Å²) in [7, 11) is 0. The summed E-state index contributed by atoms with van der Waals surface area (Å²) >= 11 is 0.